The van der Waals surface area contributed by atoms with E-state index in [1.165, 1.54) is 6.08 Å². The number of hydrogen-bond donors (Lipinski definition) is 1. The van der Waals surface area contributed by atoms with Crippen molar-refractivity contribution in [2.24, 2.45) is 0 Å². The van der Waals surface area contributed by atoms with Gasteiger partial charge in [0.25, 0.3) is 0 Å². The molecule has 0 heterocycles. The Kier molecular flexibility index (Phi) is 3.77. The van der Waals surface area contributed by atoms with Crippen LogP contribution < -0.4 is 5.73 Å². The number of benzene rings is 1. The minimum Gasteiger partial charge on any atom is -0.398 e. The van der Waals surface area contributed by atoms with Crippen LogP contribution in [0.2, 0.25) is 0 Å². The highest BCUT2D eigenvalue weighted by Crippen LogP contribution is 2.22. The molecule has 1 rings (SSSR count). The fraction of sp³-hybridized carbons (Fsp3) is 0. The quantitative estimate of drug-likeness (QED) is 0.269. The zero-order valence-electron chi connectivity index (χ0n) is 7.31. The lowest BCUT2D eigenvalue weighted by Gasteiger charge is -2.01. The summed E-state index contributed by atoms with van der Waals surface area (Å²) >= 11 is 1.06. The number of nitriles is 1. The van der Waals surface area contributed by atoms with Crippen LogP contribution in [0.25, 0.3) is 6.08 Å². The normalized spacial score (nSPS) is 9.93. The lowest BCUT2D eigenvalue weighted by molar-refractivity contribution is -0.104. The molecule has 0 radical (unpaired) electrons. The van der Waals surface area contributed by atoms with Crippen LogP contribution in [0.3, 0.4) is 0 Å². The van der Waals surface area contributed by atoms with Crippen molar-refractivity contribution in [1.82, 2.24) is 0 Å². The first-order valence-electron chi connectivity index (χ1n) is 3.85. The number of nitrogens with two attached hydrogens (primary N) is 1. The van der Waals surface area contributed by atoms with Gasteiger partial charge < -0.3 is 5.73 Å². The maximum atomic E-state index is 10.1. The molecule has 4 heteroatoms. The molecule has 0 spiro atoms. The summed E-state index contributed by atoms with van der Waals surface area (Å²) in [6, 6.07) is 5.24. The first-order valence-corrected chi connectivity index (χ1v) is 4.67. The van der Waals surface area contributed by atoms with Crippen molar-refractivity contribution in [3.63, 3.8) is 0 Å². The maximum Gasteiger partial charge on any atom is 0.142 e. The Bertz CT molecular complexity index is 407. The van der Waals surface area contributed by atoms with Gasteiger partial charge in [-0.3, -0.25) is 4.79 Å². The van der Waals surface area contributed by atoms with E-state index in [-0.39, 0.29) is 0 Å². The molecule has 14 heavy (non-hydrogen) atoms. The average molecular weight is 204 g/mol. The van der Waals surface area contributed by atoms with Crippen LogP contribution in [-0.4, -0.2) is 6.29 Å². The van der Waals surface area contributed by atoms with Crippen molar-refractivity contribution in [2.75, 3.05) is 5.73 Å². The molecule has 3 nitrogen and oxygen atoms in total. The number of allylic oxidation sites excluding steroid dienone is 1. The number of hydrogen-bond acceptors (Lipinski definition) is 4. The molecule has 1 aromatic carbocycles. The predicted molar refractivity (Wildman–Crippen MR) is 57.4 cm³/mol. The second-order valence-electron chi connectivity index (χ2n) is 2.48. The SMILES string of the molecule is N#CSc1ccc(N)c(C=CC=O)c1. The van der Waals surface area contributed by atoms with Crippen molar-refractivity contribution in [1.29, 1.82) is 5.26 Å². The highest BCUT2D eigenvalue weighted by Gasteiger charge is 1.98. The van der Waals surface area contributed by atoms with Crippen LogP contribution in [0.15, 0.2) is 29.2 Å². The van der Waals surface area contributed by atoms with Crippen molar-refractivity contribution < 1.29 is 4.79 Å². The van der Waals surface area contributed by atoms with Gasteiger partial charge in [0.2, 0.25) is 0 Å². The zero-order chi connectivity index (χ0) is 10.4. The molecule has 0 aliphatic carbocycles. The first kappa shape index (κ1) is 10.4. The Labute approximate surface area is 86.2 Å². The predicted octanol–water partition coefficient (Wildman–Crippen LogP) is 2.05. The summed E-state index contributed by atoms with van der Waals surface area (Å²) in [6.45, 7) is 0. The van der Waals surface area contributed by atoms with E-state index in [4.69, 9.17) is 11.0 Å². The van der Waals surface area contributed by atoms with E-state index < -0.39 is 0 Å². The van der Waals surface area contributed by atoms with Crippen LogP contribution in [0.5, 0.6) is 0 Å². The van der Waals surface area contributed by atoms with E-state index in [1.54, 1.807) is 24.3 Å². The molecule has 1 aromatic rings. The van der Waals surface area contributed by atoms with Gasteiger partial charge in [0.15, 0.2) is 0 Å². The van der Waals surface area contributed by atoms with Crippen LogP contribution in [0.4, 0.5) is 5.69 Å². The van der Waals surface area contributed by atoms with Crippen molar-refractivity contribution in [2.45, 2.75) is 4.90 Å². The minimum absolute atomic E-state index is 0.588. The standard InChI is InChI=1S/C10H8N2OS/c11-7-14-9-3-4-10(12)8(6-9)2-1-5-13/h1-6H,12H2. The van der Waals surface area contributed by atoms with Crippen molar-refractivity contribution in [3.05, 3.63) is 29.8 Å². The summed E-state index contributed by atoms with van der Waals surface area (Å²) in [4.78, 5) is 10.9. The molecule has 0 aliphatic rings. The van der Waals surface area contributed by atoms with Gasteiger partial charge in [0, 0.05) is 10.6 Å². The van der Waals surface area contributed by atoms with E-state index in [0.29, 0.717) is 12.0 Å². The number of rotatable bonds is 3. The second kappa shape index (κ2) is 5.10. The summed E-state index contributed by atoms with van der Waals surface area (Å²) in [5.74, 6) is 0. The number of carbonyl (C=O) groups excluding carboxylic acids is 1. The Balaban J connectivity index is 3.02. The number of nitrogen functional groups attached to an aromatic ring is 1. The van der Waals surface area contributed by atoms with Crippen LogP contribution in [0.1, 0.15) is 5.56 Å². The van der Waals surface area contributed by atoms with E-state index >= 15 is 0 Å². The van der Waals surface area contributed by atoms with Gasteiger partial charge in [0.1, 0.15) is 11.7 Å². The largest absolute Gasteiger partial charge is 0.398 e. The number of anilines is 1. The van der Waals surface area contributed by atoms with Crippen molar-refractivity contribution >= 4 is 29.8 Å². The molecule has 0 aromatic heterocycles. The highest BCUT2D eigenvalue weighted by molar-refractivity contribution is 8.03. The lowest BCUT2D eigenvalue weighted by Crippen LogP contribution is -1.88. The lowest BCUT2D eigenvalue weighted by atomic mass is 10.2. The number of thioether (sulfide) groups is 1. The van der Waals surface area contributed by atoms with E-state index in [1.807, 2.05) is 5.40 Å². The summed E-state index contributed by atoms with van der Waals surface area (Å²) in [6.07, 6.45) is 3.67. The molecule has 2 N–H and O–H groups in total. The van der Waals surface area contributed by atoms with Gasteiger partial charge >= 0.3 is 0 Å². The Hall–Kier alpha value is -1.73. The van der Waals surface area contributed by atoms with Crippen LogP contribution in [-0.2, 0) is 4.79 Å². The molecule has 0 aliphatic heterocycles. The average Bonchev–Trinajstić information content (AvgIpc) is 2.19. The molecule has 0 atom stereocenters. The monoisotopic (exact) mass is 204 g/mol. The number of carbonyl (C=O) groups is 1. The molecule has 0 amide bonds. The van der Waals surface area contributed by atoms with Crippen LogP contribution >= 0.6 is 11.8 Å². The van der Waals surface area contributed by atoms with Gasteiger partial charge in [-0.2, -0.15) is 5.26 Å². The summed E-state index contributed by atoms with van der Waals surface area (Å²) < 4.78 is 0. The van der Waals surface area contributed by atoms with Gasteiger partial charge in [-0.05, 0) is 47.7 Å². The maximum absolute atomic E-state index is 10.1. The molecular weight excluding hydrogens is 196 g/mol. The van der Waals surface area contributed by atoms with E-state index in [2.05, 4.69) is 0 Å². The van der Waals surface area contributed by atoms with Gasteiger partial charge in [-0.15, -0.1) is 0 Å². The Morgan fingerprint density at radius 2 is 2.29 bits per heavy atom. The second-order valence-corrected chi connectivity index (χ2v) is 3.34. The fourth-order valence-electron chi connectivity index (χ4n) is 0.956. The smallest absolute Gasteiger partial charge is 0.142 e. The van der Waals surface area contributed by atoms with E-state index in [0.717, 1.165) is 22.2 Å². The zero-order valence-corrected chi connectivity index (χ0v) is 8.12. The third-order valence-corrected chi connectivity index (χ3v) is 2.16. The summed E-state index contributed by atoms with van der Waals surface area (Å²) in [7, 11) is 0. The Morgan fingerprint density at radius 3 is 2.93 bits per heavy atom. The van der Waals surface area contributed by atoms with E-state index in [9.17, 15) is 4.79 Å². The Morgan fingerprint density at radius 1 is 1.50 bits per heavy atom. The third kappa shape index (κ3) is 2.64. The number of aldehydes is 1. The molecule has 0 fully saturated rings. The van der Waals surface area contributed by atoms with Gasteiger partial charge in [-0.25, -0.2) is 0 Å². The molecule has 0 saturated carbocycles. The molecule has 0 unspecified atom stereocenters. The molecule has 0 saturated heterocycles. The summed E-state index contributed by atoms with van der Waals surface area (Å²) in [5.41, 5.74) is 7.00. The molecular formula is C10H8N2OS. The minimum atomic E-state index is 0.588. The summed E-state index contributed by atoms with van der Waals surface area (Å²) in [5, 5.41) is 10.4. The third-order valence-electron chi connectivity index (χ3n) is 1.58. The molecule has 0 bridgehead atoms. The van der Waals surface area contributed by atoms with Crippen LogP contribution in [0, 0.1) is 10.7 Å². The molecule has 70 valence electrons. The number of nitrogens with zero attached hydrogens (tertiary/aromatic N) is 1. The van der Waals surface area contributed by atoms with Gasteiger partial charge in [-0.1, -0.05) is 0 Å². The van der Waals surface area contributed by atoms with Gasteiger partial charge in [0.05, 0.1) is 0 Å². The first-order chi connectivity index (χ1) is 6.77. The topological polar surface area (TPSA) is 66.9 Å². The fourth-order valence-corrected chi connectivity index (χ4v) is 1.38. The number of thiocyanates is 1. The van der Waals surface area contributed by atoms with Crippen molar-refractivity contribution in [3.8, 4) is 5.40 Å². The highest BCUT2D eigenvalue weighted by atomic mass is 32.2.